The molecule has 2 aromatic rings. The van der Waals surface area contributed by atoms with Gasteiger partial charge in [0.1, 0.15) is 0 Å². The second kappa shape index (κ2) is 7.01. The average molecular weight is 286 g/mol. The highest BCUT2D eigenvalue weighted by Crippen LogP contribution is 2.19. The molecule has 0 aliphatic carbocycles. The van der Waals surface area contributed by atoms with Crippen LogP contribution in [0.1, 0.15) is 23.5 Å². The Kier molecular flexibility index (Phi) is 5.07. The molecule has 1 aromatic carbocycles. The topological polar surface area (TPSA) is 32.7 Å². The van der Waals surface area contributed by atoms with E-state index in [1.807, 2.05) is 41.8 Å². The maximum atomic E-state index is 11.8. The minimum absolute atomic E-state index is 0.0483. The summed E-state index contributed by atoms with van der Waals surface area (Å²) in [5.74, 6) is -0.0483. The smallest absolute Gasteiger partial charge is 0.213 e. The number of carbonyl (C=O) groups excluding carboxylic acids is 1. The number of nitrogens with zero attached hydrogens (tertiary/aromatic N) is 2. The van der Waals surface area contributed by atoms with Crippen molar-refractivity contribution >= 4 is 34.7 Å². The largest absolute Gasteiger partial charge is 0.372 e. The Balaban J connectivity index is 2.05. The number of hydrogen-bond donors (Lipinski definition) is 0. The number of carbonyl (C=O) groups is 1. The van der Waals surface area contributed by atoms with Crippen molar-refractivity contribution in [2.75, 3.05) is 18.0 Å². The number of anilines is 1. The van der Waals surface area contributed by atoms with E-state index in [0.29, 0.717) is 4.88 Å². The highest BCUT2D eigenvalue weighted by molar-refractivity contribution is 7.12. The van der Waals surface area contributed by atoms with Gasteiger partial charge in [-0.1, -0.05) is 6.07 Å². The molecule has 0 atom stereocenters. The second-order valence-electron chi connectivity index (χ2n) is 4.29. The van der Waals surface area contributed by atoms with Gasteiger partial charge in [-0.2, -0.15) is 0 Å². The van der Waals surface area contributed by atoms with Crippen molar-refractivity contribution in [3.8, 4) is 0 Å². The van der Waals surface area contributed by atoms with Crippen LogP contribution in [0.5, 0.6) is 0 Å². The molecule has 0 saturated carbocycles. The Morgan fingerprint density at radius 2 is 1.90 bits per heavy atom. The highest BCUT2D eigenvalue weighted by Gasteiger charge is 2.03. The first-order valence-electron chi connectivity index (χ1n) is 6.71. The number of ketones is 1. The third kappa shape index (κ3) is 3.54. The lowest BCUT2D eigenvalue weighted by molar-refractivity contribution is 0.107. The maximum Gasteiger partial charge on any atom is 0.213 e. The van der Waals surface area contributed by atoms with Gasteiger partial charge in [-0.25, -0.2) is 0 Å². The fourth-order valence-corrected chi connectivity index (χ4v) is 2.58. The van der Waals surface area contributed by atoms with Crippen LogP contribution in [0, 0.1) is 0 Å². The van der Waals surface area contributed by atoms with Gasteiger partial charge in [0.25, 0.3) is 0 Å². The monoisotopic (exact) mass is 286 g/mol. The summed E-state index contributed by atoms with van der Waals surface area (Å²) in [6.07, 6.45) is 1.39. The van der Waals surface area contributed by atoms with E-state index in [1.54, 1.807) is 0 Å². The average Bonchev–Trinajstić information content (AvgIpc) is 3.01. The Morgan fingerprint density at radius 1 is 1.20 bits per heavy atom. The molecule has 0 fully saturated rings. The first kappa shape index (κ1) is 14.5. The molecule has 0 aliphatic heterocycles. The molecule has 0 unspecified atom stereocenters. The molecule has 3 nitrogen and oxygen atoms in total. The molecule has 0 aliphatic rings. The van der Waals surface area contributed by atoms with E-state index in [1.165, 1.54) is 23.2 Å². The number of hydrogen-bond acceptors (Lipinski definition) is 4. The first-order chi connectivity index (χ1) is 9.74. The molecule has 0 saturated heterocycles. The summed E-state index contributed by atoms with van der Waals surface area (Å²) in [6, 6.07) is 11.6. The zero-order valence-electron chi connectivity index (χ0n) is 11.7. The van der Waals surface area contributed by atoms with Gasteiger partial charge in [0, 0.05) is 18.8 Å². The van der Waals surface area contributed by atoms with Crippen LogP contribution in [0.2, 0.25) is 0 Å². The lowest BCUT2D eigenvalue weighted by Crippen LogP contribution is -2.21. The Bertz CT molecular complexity index is 569. The van der Waals surface area contributed by atoms with Crippen molar-refractivity contribution in [2.45, 2.75) is 13.8 Å². The molecule has 4 heteroatoms. The molecule has 0 radical (unpaired) electrons. The lowest BCUT2D eigenvalue weighted by Gasteiger charge is -2.20. The minimum Gasteiger partial charge on any atom is -0.372 e. The normalized spacial score (nSPS) is 10.9. The summed E-state index contributed by atoms with van der Waals surface area (Å²) in [5.41, 5.74) is 1.98. The van der Waals surface area contributed by atoms with Crippen LogP contribution in [-0.4, -0.2) is 25.1 Å². The SMILES string of the molecule is CCN(CC)c1ccc(N=CC(=O)c2cccs2)cc1. The van der Waals surface area contributed by atoms with E-state index in [-0.39, 0.29) is 5.78 Å². The fourth-order valence-electron chi connectivity index (χ4n) is 1.95. The van der Waals surface area contributed by atoms with Crippen LogP contribution in [0.25, 0.3) is 0 Å². The summed E-state index contributed by atoms with van der Waals surface area (Å²) >= 11 is 1.43. The predicted octanol–water partition coefficient (Wildman–Crippen LogP) is 4.18. The van der Waals surface area contributed by atoms with E-state index in [4.69, 9.17) is 0 Å². The van der Waals surface area contributed by atoms with E-state index in [2.05, 4.69) is 23.7 Å². The molecule has 0 N–H and O–H groups in total. The van der Waals surface area contributed by atoms with E-state index < -0.39 is 0 Å². The number of aliphatic imine (C=N–C) groups is 1. The van der Waals surface area contributed by atoms with Gasteiger partial charge in [-0.05, 0) is 49.6 Å². The third-order valence-corrected chi connectivity index (χ3v) is 3.96. The second-order valence-corrected chi connectivity index (χ2v) is 5.24. The van der Waals surface area contributed by atoms with E-state index in [0.717, 1.165) is 18.8 Å². The van der Waals surface area contributed by atoms with Crippen LogP contribution in [-0.2, 0) is 0 Å². The molecule has 2 rings (SSSR count). The van der Waals surface area contributed by atoms with Crippen molar-refractivity contribution in [1.29, 1.82) is 0 Å². The van der Waals surface area contributed by atoms with E-state index in [9.17, 15) is 4.79 Å². The standard InChI is InChI=1S/C16H18N2OS/c1-3-18(4-2)14-9-7-13(8-10-14)17-12-15(19)16-6-5-11-20-16/h5-12H,3-4H2,1-2H3. The summed E-state index contributed by atoms with van der Waals surface area (Å²) < 4.78 is 0. The summed E-state index contributed by atoms with van der Waals surface area (Å²) in [7, 11) is 0. The van der Waals surface area contributed by atoms with Crippen LogP contribution in [0.15, 0.2) is 46.8 Å². The van der Waals surface area contributed by atoms with Gasteiger partial charge in [0.15, 0.2) is 0 Å². The van der Waals surface area contributed by atoms with Crippen molar-refractivity contribution in [3.05, 3.63) is 46.7 Å². The van der Waals surface area contributed by atoms with Crippen LogP contribution >= 0.6 is 11.3 Å². The predicted molar refractivity (Wildman–Crippen MR) is 86.8 cm³/mol. The third-order valence-electron chi connectivity index (χ3n) is 3.07. The van der Waals surface area contributed by atoms with Crippen molar-refractivity contribution in [2.24, 2.45) is 4.99 Å². The van der Waals surface area contributed by atoms with Crippen molar-refractivity contribution in [3.63, 3.8) is 0 Å². The molecule has 0 spiro atoms. The quantitative estimate of drug-likeness (QED) is 0.589. The van der Waals surface area contributed by atoms with Crippen molar-refractivity contribution < 1.29 is 4.79 Å². The van der Waals surface area contributed by atoms with Crippen LogP contribution < -0.4 is 4.90 Å². The molecular formula is C16H18N2OS. The Hall–Kier alpha value is -1.94. The highest BCUT2D eigenvalue weighted by atomic mass is 32.1. The number of thiophene rings is 1. The lowest BCUT2D eigenvalue weighted by atomic mass is 10.2. The molecule has 104 valence electrons. The van der Waals surface area contributed by atoms with E-state index >= 15 is 0 Å². The van der Waals surface area contributed by atoms with Gasteiger partial charge >= 0.3 is 0 Å². The molecule has 0 amide bonds. The van der Waals surface area contributed by atoms with Crippen LogP contribution in [0.3, 0.4) is 0 Å². The molecule has 0 bridgehead atoms. The Morgan fingerprint density at radius 3 is 2.45 bits per heavy atom. The van der Waals surface area contributed by atoms with Gasteiger partial charge in [0.2, 0.25) is 5.78 Å². The maximum absolute atomic E-state index is 11.8. The van der Waals surface area contributed by atoms with Crippen LogP contribution in [0.4, 0.5) is 11.4 Å². The zero-order chi connectivity index (χ0) is 14.4. The zero-order valence-corrected chi connectivity index (χ0v) is 12.6. The number of benzene rings is 1. The molecule has 1 aromatic heterocycles. The number of rotatable bonds is 6. The van der Waals surface area contributed by atoms with Crippen molar-refractivity contribution in [1.82, 2.24) is 0 Å². The summed E-state index contributed by atoms with van der Waals surface area (Å²) in [6.45, 7) is 6.23. The fraction of sp³-hybridized carbons (Fsp3) is 0.250. The minimum atomic E-state index is -0.0483. The molecular weight excluding hydrogens is 268 g/mol. The number of Topliss-reactive ketones (excluding diaryl/α,β-unsaturated/α-hetero) is 1. The van der Waals surface area contributed by atoms with Gasteiger partial charge in [0.05, 0.1) is 16.8 Å². The van der Waals surface area contributed by atoms with Gasteiger partial charge in [-0.15, -0.1) is 11.3 Å². The van der Waals surface area contributed by atoms with Gasteiger partial charge in [-0.3, -0.25) is 9.79 Å². The first-order valence-corrected chi connectivity index (χ1v) is 7.59. The molecule has 20 heavy (non-hydrogen) atoms. The summed E-state index contributed by atoms with van der Waals surface area (Å²) in [5, 5.41) is 1.89. The summed E-state index contributed by atoms with van der Waals surface area (Å²) in [4.78, 5) is 19.0. The Labute approximate surface area is 123 Å². The van der Waals surface area contributed by atoms with Gasteiger partial charge < -0.3 is 4.90 Å². The molecule has 1 heterocycles.